The van der Waals surface area contributed by atoms with Crippen molar-refractivity contribution in [2.75, 3.05) is 13.1 Å². The molecule has 2 atom stereocenters. The monoisotopic (exact) mass is 342 g/mol. The van der Waals surface area contributed by atoms with Gasteiger partial charge in [0.2, 0.25) is 0 Å². The zero-order valence-electron chi connectivity index (χ0n) is 14.7. The molecule has 0 radical (unpaired) electrons. The minimum absolute atomic E-state index is 0.0386. The van der Waals surface area contributed by atoms with E-state index >= 15 is 0 Å². The highest BCUT2D eigenvalue weighted by molar-refractivity contribution is 5.87. The molecule has 3 N–H and O–H groups in total. The Morgan fingerprint density at radius 1 is 1.36 bits per heavy atom. The van der Waals surface area contributed by atoms with E-state index in [1.807, 2.05) is 24.3 Å². The van der Waals surface area contributed by atoms with E-state index in [4.69, 9.17) is 0 Å². The van der Waals surface area contributed by atoms with Gasteiger partial charge in [0.25, 0.3) is 5.56 Å². The van der Waals surface area contributed by atoms with E-state index < -0.39 is 0 Å². The summed E-state index contributed by atoms with van der Waals surface area (Å²) in [6, 6.07) is 7.64. The lowest BCUT2D eigenvalue weighted by atomic mass is 9.81. The van der Waals surface area contributed by atoms with Gasteiger partial charge in [-0.25, -0.2) is 0 Å². The summed E-state index contributed by atoms with van der Waals surface area (Å²) in [5.41, 5.74) is 2.08. The van der Waals surface area contributed by atoms with Gasteiger partial charge in [0.15, 0.2) is 0 Å². The van der Waals surface area contributed by atoms with Crippen LogP contribution in [-0.4, -0.2) is 35.1 Å². The van der Waals surface area contributed by atoms with Crippen molar-refractivity contribution in [2.45, 2.75) is 45.1 Å². The summed E-state index contributed by atoms with van der Waals surface area (Å²) in [5, 5.41) is 14.0. The van der Waals surface area contributed by atoms with Crippen LogP contribution >= 0.6 is 0 Å². The number of nitrogens with one attached hydrogen (secondary N) is 2. The Labute approximate surface area is 147 Å². The topological polar surface area (TPSA) is 82.2 Å². The largest absolute Gasteiger partial charge is 0.392 e. The fourth-order valence-corrected chi connectivity index (χ4v) is 3.68. The molecule has 1 unspecified atom stereocenters. The number of Topliss-reactive ketones (excluding diaryl/α,β-unsaturated/α-hetero) is 1. The second-order valence-electron chi connectivity index (χ2n) is 7.02. The lowest BCUT2D eigenvalue weighted by Crippen LogP contribution is -2.28. The number of H-pyrrole nitrogens is 1. The highest BCUT2D eigenvalue weighted by atomic mass is 16.3. The molecule has 0 amide bonds. The maximum atomic E-state index is 12.6. The Balaban J connectivity index is 1.66. The van der Waals surface area contributed by atoms with Crippen LogP contribution in [-0.2, 0) is 17.6 Å². The Morgan fingerprint density at radius 2 is 2.12 bits per heavy atom. The molecule has 0 saturated heterocycles. The lowest BCUT2D eigenvalue weighted by Gasteiger charge is -2.24. The zero-order valence-corrected chi connectivity index (χ0v) is 14.7. The number of rotatable bonds is 7. The third kappa shape index (κ3) is 4.17. The summed E-state index contributed by atoms with van der Waals surface area (Å²) in [4.78, 5) is 27.7. The van der Waals surface area contributed by atoms with E-state index in [-0.39, 0.29) is 17.6 Å². The van der Waals surface area contributed by atoms with Crippen molar-refractivity contribution in [3.05, 3.63) is 45.9 Å². The number of hydrogen-bond donors (Lipinski definition) is 3. The van der Waals surface area contributed by atoms with Crippen LogP contribution < -0.4 is 10.9 Å². The van der Waals surface area contributed by atoms with Gasteiger partial charge in [-0.15, -0.1) is 0 Å². The maximum absolute atomic E-state index is 12.6. The molecule has 25 heavy (non-hydrogen) atoms. The van der Waals surface area contributed by atoms with Crippen molar-refractivity contribution in [2.24, 2.45) is 5.92 Å². The predicted octanol–water partition coefficient (Wildman–Crippen LogP) is 1.95. The first kappa shape index (κ1) is 17.8. The molecule has 1 aliphatic rings. The summed E-state index contributed by atoms with van der Waals surface area (Å²) in [6.07, 6.45) is 3.27. The van der Waals surface area contributed by atoms with E-state index in [0.717, 1.165) is 42.5 Å². The SMILES string of the molecule is C[C@H](O)CNCCCC(=O)C1CCc2[nH]c(=O)c3ccccc3c2C1. The van der Waals surface area contributed by atoms with E-state index in [1.165, 1.54) is 0 Å². The van der Waals surface area contributed by atoms with Gasteiger partial charge in [-0.3, -0.25) is 9.59 Å². The highest BCUT2D eigenvalue weighted by Gasteiger charge is 2.26. The fourth-order valence-electron chi connectivity index (χ4n) is 3.68. The number of ketones is 1. The van der Waals surface area contributed by atoms with Crippen molar-refractivity contribution in [1.82, 2.24) is 10.3 Å². The number of aromatic nitrogens is 1. The van der Waals surface area contributed by atoms with Crippen LogP contribution in [0.5, 0.6) is 0 Å². The number of fused-ring (bicyclic) bond motifs is 3. The average molecular weight is 342 g/mol. The molecule has 1 aromatic heterocycles. The number of aliphatic hydroxyl groups is 1. The first-order chi connectivity index (χ1) is 12.1. The van der Waals surface area contributed by atoms with Crippen molar-refractivity contribution in [3.63, 3.8) is 0 Å². The van der Waals surface area contributed by atoms with Crippen molar-refractivity contribution < 1.29 is 9.90 Å². The quantitative estimate of drug-likeness (QED) is 0.672. The van der Waals surface area contributed by atoms with Gasteiger partial charge in [-0.05, 0) is 56.2 Å². The average Bonchev–Trinajstić information content (AvgIpc) is 2.61. The van der Waals surface area contributed by atoms with Gasteiger partial charge in [0, 0.05) is 30.0 Å². The fraction of sp³-hybridized carbons (Fsp3) is 0.500. The van der Waals surface area contributed by atoms with Gasteiger partial charge in [0.1, 0.15) is 5.78 Å². The van der Waals surface area contributed by atoms with Gasteiger partial charge < -0.3 is 15.4 Å². The Kier molecular flexibility index (Phi) is 5.66. The van der Waals surface area contributed by atoms with E-state index in [9.17, 15) is 14.7 Å². The Hall–Kier alpha value is -1.98. The molecule has 3 rings (SSSR count). The van der Waals surface area contributed by atoms with E-state index in [2.05, 4.69) is 10.3 Å². The summed E-state index contributed by atoms with van der Waals surface area (Å²) < 4.78 is 0. The number of aromatic amines is 1. The molecule has 1 heterocycles. The molecule has 5 heteroatoms. The van der Waals surface area contributed by atoms with Crippen LogP contribution in [0.3, 0.4) is 0 Å². The molecular weight excluding hydrogens is 316 g/mol. The predicted molar refractivity (Wildman–Crippen MR) is 98.9 cm³/mol. The second kappa shape index (κ2) is 7.93. The molecule has 0 fully saturated rings. The van der Waals surface area contributed by atoms with Crippen molar-refractivity contribution in [3.8, 4) is 0 Å². The number of hydrogen-bond acceptors (Lipinski definition) is 4. The summed E-state index contributed by atoms with van der Waals surface area (Å²) in [7, 11) is 0. The van der Waals surface area contributed by atoms with Gasteiger partial charge >= 0.3 is 0 Å². The van der Waals surface area contributed by atoms with Crippen LogP contribution in [0.25, 0.3) is 10.8 Å². The second-order valence-corrected chi connectivity index (χ2v) is 7.02. The normalized spacial score (nSPS) is 18.1. The van der Waals surface area contributed by atoms with E-state index in [1.54, 1.807) is 6.92 Å². The number of benzene rings is 1. The molecule has 2 aromatic rings. The number of carbonyl (C=O) groups excluding carboxylic acids is 1. The van der Waals surface area contributed by atoms with Crippen molar-refractivity contribution in [1.29, 1.82) is 0 Å². The molecule has 0 aliphatic heterocycles. The third-order valence-corrected chi connectivity index (χ3v) is 4.99. The molecule has 0 bridgehead atoms. The van der Waals surface area contributed by atoms with Crippen molar-refractivity contribution >= 4 is 16.6 Å². The van der Waals surface area contributed by atoms with E-state index in [0.29, 0.717) is 30.6 Å². The van der Waals surface area contributed by atoms with Gasteiger partial charge in [-0.2, -0.15) is 0 Å². The third-order valence-electron chi connectivity index (χ3n) is 4.99. The number of aryl methyl sites for hydroxylation is 1. The summed E-state index contributed by atoms with van der Waals surface area (Å²) in [5.74, 6) is 0.346. The molecule has 5 nitrogen and oxygen atoms in total. The molecule has 0 saturated carbocycles. The minimum Gasteiger partial charge on any atom is -0.392 e. The molecular formula is C20H26N2O3. The van der Waals surface area contributed by atoms with Crippen LogP contribution in [0.4, 0.5) is 0 Å². The lowest BCUT2D eigenvalue weighted by molar-refractivity contribution is -0.123. The smallest absolute Gasteiger partial charge is 0.256 e. The number of pyridine rings is 1. The van der Waals surface area contributed by atoms with Crippen LogP contribution in [0.2, 0.25) is 0 Å². The summed E-state index contributed by atoms with van der Waals surface area (Å²) in [6.45, 7) is 3.05. The minimum atomic E-state index is -0.360. The Bertz CT molecular complexity index is 810. The van der Waals surface area contributed by atoms with Crippen LogP contribution in [0.15, 0.2) is 29.1 Å². The zero-order chi connectivity index (χ0) is 17.8. The molecule has 1 aromatic carbocycles. The number of carbonyl (C=O) groups is 1. The van der Waals surface area contributed by atoms with Crippen LogP contribution in [0, 0.1) is 5.92 Å². The Morgan fingerprint density at radius 3 is 2.88 bits per heavy atom. The van der Waals surface area contributed by atoms with Crippen LogP contribution in [0.1, 0.15) is 37.4 Å². The van der Waals surface area contributed by atoms with Gasteiger partial charge in [0.05, 0.1) is 6.10 Å². The molecule has 0 spiro atoms. The summed E-state index contributed by atoms with van der Waals surface area (Å²) >= 11 is 0. The standard InChI is InChI=1S/C20H26N2O3/c1-13(23)12-21-10-4-7-19(24)14-8-9-18-17(11-14)15-5-2-3-6-16(15)20(25)22-18/h2-3,5-6,13-14,21,23H,4,7-12H2,1H3,(H,22,25)/t13-,14?/m0/s1. The highest BCUT2D eigenvalue weighted by Crippen LogP contribution is 2.29. The molecule has 1 aliphatic carbocycles. The maximum Gasteiger partial charge on any atom is 0.256 e. The first-order valence-electron chi connectivity index (χ1n) is 9.10. The first-order valence-corrected chi connectivity index (χ1v) is 9.10. The van der Waals surface area contributed by atoms with Gasteiger partial charge in [-0.1, -0.05) is 18.2 Å². The molecule has 134 valence electrons. The number of aliphatic hydroxyl groups excluding tert-OH is 1.